The van der Waals surface area contributed by atoms with Crippen LogP contribution in [-0.4, -0.2) is 15.5 Å². The maximum absolute atomic E-state index is 11.4. The van der Waals surface area contributed by atoms with E-state index in [-0.39, 0.29) is 0 Å². The van der Waals surface area contributed by atoms with Gasteiger partial charge in [-0.05, 0) is 30.3 Å². The first-order valence-electron chi connectivity index (χ1n) is 6.22. The normalized spacial score (nSPS) is 10.7. The van der Waals surface area contributed by atoms with Gasteiger partial charge in [0.1, 0.15) is 5.82 Å². The Morgan fingerprint density at radius 3 is 2.90 bits per heavy atom. The SMILES string of the molecule is Cn1ccc2c(Nc3ncccc3C(N)=O)cccc21. The molecule has 3 N–H and O–H groups in total. The number of rotatable bonds is 3. The van der Waals surface area contributed by atoms with Crippen LogP contribution in [0.25, 0.3) is 10.9 Å². The Labute approximate surface area is 116 Å². The van der Waals surface area contributed by atoms with Crippen LogP contribution in [0.3, 0.4) is 0 Å². The van der Waals surface area contributed by atoms with Crippen LogP contribution in [0.1, 0.15) is 10.4 Å². The number of amides is 1. The van der Waals surface area contributed by atoms with Gasteiger partial charge in [-0.25, -0.2) is 4.98 Å². The van der Waals surface area contributed by atoms with Crippen molar-refractivity contribution < 1.29 is 4.79 Å². The van der Waals surface area contributed by atoms with Crippen molar-refractivity contribution in [2.75, 3.05) is 5.32 Å². The number of benzene rings is 1. The molecule has 5 nitrogen and oxygen atoms in total. The fourth-order valence-electron chi connectivity index (χ4n) is 2.24. The summed E-state index contributed by atoms with van der Waals surface area (Å²) >= 11 is 0. The van der Waals surface area contributed by atoms with Crippen LogP contribution in [-0.2, 0) is 7.05 Å². The lowest BCUT2D eigenvalue weighted by atomic mass is 10.2. The zero-order chi connectivity index (χ0) is 14.1. The molecule has 0 unspecified atom stereocenters. The second-order valence-corrected chi connectivity index (χ2v) is 4.55. The van der Waals surface area contributed by atoms with Crippen LogP contribution in [0, 0.1) is 0 Å². The Bertz CT molecular complexity index is 791. The highest BCUT2D eigenvalue weighted by atomic mass is 16.1. The van der Waals surface area contributed by atoms with Gasteiger partial charge in [-0.1, -0.05) is 6.07 Å². The number of anilines is 2. The molecule has 0 bridgehead atoms. The fraction of sp³-hybridized carbons (Fsp3) is 0.0667. The maximum atomic E-state index is 11.4. The van der Waals surface area contributed by atoms with Crippen LogP contribution in [0.4, 0.5) is 11.5 Å². The summed E-state index contributed by atoms with van der Waals surface area (Å²) in [6.07, 6.45) is 3.61. The molecule has 100 valence electrons. The van der Waals surface area contributed by atoms with Gasteiger partial charge >= 0.3 is 0 Å². The van der Waals surface area contributed by atoms with Gasteiger partial charge in [-0.15, -0.1) is 0 Å². The van der Waals surface area contributed by atoms with E-state index in [1.54, 1.807) is 18.3 Å². The molecule has 0 fully saturated rings. The number of hydrogen-bond acceptors (Lipinski definition) is 3. The number of aryl methyl sites for hydroxylation is 1. The molecule has 2 aromatic heterocycles. The summed E-state index contributed by atoms with van der Waals surface area (Å²) in [5.74, 6) is -0.0304. The largest absolute Gasteiger partial charge is 0.365 e. The van der Waals surface area contributed by atoms with E-state index in [1.165, 1.54) is 0 Å². The predicted molar refractivity (Wildman–Crippen MR) is 79.0 cm³/mol. The maximum Gasteiger partial charge on any atom is 0.252 e. The second-order valence-electron chi connectivity index (χ2n) is 4.55. The third-order valence-corrected chi connectivity index (χ3v) is 3.25. The van der Waals surface area contributed by atoms with Gasteiger partial charge in [0.25, 0.3) is 5.91 Å². The summed E-state index contributed by atoms with van der Waals surface area (Å²) in [7, 11) is 1.99. The quantitative estimate of drug-likeness (QED) is 0.764. The smallest absolute Gasteiger partial charge is 0.252 e. The summed E-state index contributed by atoms with van der Waals surface area (Å²) in [5, 5.41) is 4.25. The summed E-state index contributed by atoms with van der Waals surface area (Å²) in [6.45, 7) is 0. The topological polar surface area (TPSA) is 72.9 Å². The summed E-state index contributed by atoms with van der Waals surface area (Å²) in [5.41, 5.74) is 7.73. The number of carbonyl (C=O) groups excluding carboxylic acids is 1. The van der Waals surface area contributed by atoms with Gasteiger partial charge in [-0.3, -0.25) is 4.79 Å². The van der Waals surface area contributed by atoms with Crippen molar-refractivity contribution in [3.05, 3.63) is 54.4 Å². The molecule has 5 heteroatoms. The van der Waals surface area contributed by atoms with Gasteiger partial charge in [0.15, 0.2) is 0 Å². The van der Waals surface area contributed by atoms with E-state index in [1.807, 2.05) is 42.1 Å². The summed E-state index contributed by atoms with van der Waals surface area (Å²) in [6, 6.07) is 11.3. The monoisotopic (exact) mass is 266 g/mol. The Kier molecular flexibility index (Phi) is 2.87. The molecule has 2 heterocycles. The molecule has 3 aromatic rings. The molecule has 1 amide bonds. The molecule has 20 heavy (non-hydrogen) atoms. The van der Waals surface area contributed by atoms with E-state index in [9.17, 15) is 4.79 Å². The van der Waals surface area contributed by atoms with Crippen molar-refractivity contribution >= 4 is 28.3 Å². The number of aromatic nitrogens is 2. The minimum atomic E-state index is -0.499. The van der Waals surface area contributed by atoms with E-state index in [0.717, 1.165) is 16.6 Å². The van der Waals surface area contributed by atoms with E-state index in [4.69, 9.17) is 5.73 Å². The lowest BCUT2D eigenvalue weighted by molar-refractivity contribution is 0.100. The molecule has 0 radical (unpaired) electrons. The molecular weight excluding hydrogens is 252 g/mol. The van der Waals surface area contributed by atoms with Gasteiger partial charge in [-0.2, -0.15) is 0 Å². The average Bonchev–Trinajstić information content (AvgIpc) is 2.82. The van der Waals surface area contributed by atoms with Crippen LogP contribution in [0.5, 0.6) is 0 Å². The van der Waals surface area contributed by atoms with Gasteiger partial charge in [0.05, 0.1) is 5.56 Å². The molecule has 0 aliphatic heterocycles. The zero-order valence-corrected chi connectivity index (χ0v) is 11.0. The molecule has 0 saturated carbocycles. The molecule has 0 saturated heterocycles. The number of carbonyl (C=O) groups is 1. The van der Waals surface area contributed by atoms with E-state index >= 15 is 0 Å². The molecular formula is C15H14N4O. The molecule has 0 atom stereocenters. The van der Waals surface area contributed by atoms with Crippen molar-refractivity contribution in [2.45, 2.75) is 0 Å². The summed E-state index contributed by atoms with van der Waals surface area (Å²) in [4.78, 5) is 15.6. The van der Waals surface area contributed by atoms with Crippen LogP contribution >= 0.6 is 0 Å². The number of primary amides is 1. The molecule has 1 aromatic carbocycles. The lowest BCUT2D eigenvalue weighted by Crippen LogP contribution is -2.14. The Balaban J connectivity index is 2.08. The highest BCUT2D eigenvalue weighted by molar-refractivity contribution is 6.00. The van der Waals surface area contributed by atoms with Crippen molar-refractivity contribution in [1.29, 1.82) is 0 Å². The molecule has 0 aliphatic carbocycles. The van der Waals surface area contributed by atoms with Crippen LogP contribution < -0.4 is 11.1 Å². The third-order valence-electron chi connectivity index (χ3n) is 3.25. The molecule has 3 rings (SSSR count). The Morgan fingerprint density at radius 2 is 2.10 bits per heavy atom. The lowest BCUT2D eigenvalue weighted by Gasteiger charge is -2.10. The third kappa shape index (κ3) is 1.99. The van der Waals surface area contributed by atoms with Crippen LogP contribution in [0.2, 0.25) is 0 Å². The number of fused-ring (bicyclic) bond motifs is 1. The fourth-order valence-corrected chi connectivity index (χ4v) is 2.24. The number of hydrogen-bond donors (Lipinski definition) is 2. The first kappa shape index (κ1) is 12.2. The first-order chi connectivity index (χ1) is 9.66. The number of nitrogens with one attached hydrogen (secondary N) is 1. The Morgan fingerprint density at radius 1 is 1.25 bits per heavy atom. The molecule has 0 spiro atoms. The summed E-state index contributed by atoms with van der Waals surface area (Å²) < 4.78 is 2.04. The zero-order valence-electron chi connectivity index (χ0n) is 11.0. The first-order valence-corrected chi connectivity index (χ1v) is 6.22. The number of pyridine rings is 1. The minimum Gasteiger partial charge on any atom is -0.365 e. The van der Waals surface area contributed by atoms with Crippen molar-refractivity contribution in [3.63, 3.8) is 0 Å². The average molecular weight is 266 g/mol. The van der Waals surface area contributed by atoms with E-state index < -0.39 is 5.91 Å². The van der Waals surface area contributed by atoms with Gasteiger partial charge in [0.2, 0.25) is 0 Å². The van der Waals surface area contributed by atoms with Crippen LogP contribution in [0.15, 0.2) is 48.8 Å². The van der Waals surface area contributed by atoms with Crippen molar-refractivity contribution in [2.24, 2.45) is 12.8 Å². The molecule has 0 aliphatic rings. The Hall–Kier alpha value is -2.82. The highest BCUT2D eigenvalue weighted by Gasteiger charge is 2.10. The van der Waals surface area contributed by atoms with Gasteiger partial charge < -0.3 is 15.6 Å². The minimum absolute atomic E-state index is 0.375. The standard InChI is InChI=1S/C15H14N4O/c1-19-9-7-10-12(5-2-6-13(10)19)18-15-11(14(16)20)4-3-8-17-15/h2-9H,1H3,(H2,16,20)(H,17,18). The highest BCUT2D eigenvalue weighted by Crippen LogP contribution is 2.27. The van der Waals surface area contributed by atoms with E-state index in [2.05, 4.69) is 10.3 Å². The van der Waals surface area contributed by atoms with E-state index in [0.29, 0.717) is 11.4 Å². The van der Waals surface area contributed by atoms with Gasteiger partial charge in [0, 0.05) is 36.0 Å². The van der Waals surface area contributed by atoms with Crippen molar-refractivity contribution in [1.82, 2.24) is 9.55 Å². The predicted octanol–water partition coefficient (Wildman–Crippen LogP) is 2.42. The number of nitrogens with two attached hydrogens (primary N) is 1. The van der Waals surface area contributed by atoms with Crippen molar-refractivity contribution in [3.8, 4) is 0 Å². The number of nitrogens with zero attached hydrogens (tertiary/aromatic N) is 2. The second kappa shape index (κ2) is 4.70.